The van der Waals surface area contributed by atoms with Crippen LogP contribution in [-0.2, 0) is 10.1 Å². The van der Waals surface area contributed by atoms with Crippen LogP contribution in [-0.4, -0.2) is 18.3 Å². The molecule has 1 atom stereocenters. The molecule has 0 aromatic carbocycles. The van der Waals surface area contributed by atoms with Crippen molar-refractivity contribution in [2.24, 2.45) is 5.84 Å². The molecule has 0 amide bonds. The van der Waals surface area contributed by atoms with Crippen LogP contribution in [0, 0.1) is 0 Å². The number of nitrogens with two attached hydrogens (primary N) is 1. The number of hydrogen-bond donors (Lipinski definition) is 3. The van der Waals surface area contributed by atoms with Crippen molar-refractivity contribution in [3.63, 3.8) is 0 Å². The summed E-state index contributed by atoms with van der Waals surface area (Å²) in [6.07, 6.45) is 0.245. The average molecular weight is 154 g/mol. The number of nitrogens with one attached hydrogen (secondary N) is 1. The molecule has 0 aliphatic rings. The Labute approximate surface area is 54.0 Å². The predicted octanol–water partition coefficient (Wildman–Crippen LogP) is -0.926. The summed E-state index contributed by atoms with van der Waals surface area (Å²) in [6.45, 7) is 1.60. The van der Waals surface area contributed by atoms with Crippen LogP contribution in [0.5, 0.6) is 0 Å². The van der Waals surface area contributed by atoms with Gasteiger partial charge < -0.3 is 0 Å². The highest BCUT2D eigenvalue weighted by Crippen LogP contribution is 1.96. The van der Waals surface area contributed by atoms with Crippen LogP contribution in [0.1, 0.15) is 13.3 Å². The molecule has 0 radical (unpaired) electrons. The summed E-state index contributed by atoms with van der Waals surface area (Å²) in [6, 6.07) is 0. The van der Waals surface area contributed by atoms with Gasteiger partial charge in [-0.3, -0.25) is 10.4 Å². The Morgan fingerprint density at radius 3 is 2.22 bits per heavy atom. The minimum Gasteiger partial charge on any atom is -0.284 e. The van der Waals surface area contributed by atoms with E-state index in [2.05, 4.69) is 0 Å². The van der Waals surface area contributed by atoms with E-state index in [1.807, 2.05) is 5.43 Å². The maximum absolute atomic E-state index is 10.2. The van der Waals surface area contributed by atoms with Gasteiger partial charge in [-0.25, -0.2) is 5.43 Å². The molecule has 0 aliphatic heterocycles. The summed E-state index contributed by atoms with van der Waals surface area (Å²) in [5.74, 6) is 4.78. The summed E-state index contributed by atoms with van der Waals surface area (Å²) in [5, 5.41) is -1.04. The first kappa shape index (κ1) is 8.83. The molecule has 56 valence electrons. The molecule has 0 rings (SSSR count). The summed E-state index contributed by atoms with van der Waals surface area (Å²) in [7, 11) is -4.00. The molecule has 0 bridgehead atoms. The van der Waals surface area contributed by atoms with Gasteiger partial charge in [0.25, 0.3) is 10.1 Å². The lowest BCUT2D eigenvalue weighted by Crippen LogP contribution is -2.40. The fourth-order valence-electron chi connectivity index (χ4n) is 0.414. The molecule has 1 unspecified atom stereocenters. The molecule has 0 fully saturated rings. The zero-order valence-corrected chi connectivity index (χ0v) is 5.85. The van der Waals surface area contributed by atoms with Gasteiger partial charge in [0.1, 0.15) is 5.37 Å². The minimum absolute atomic E-state index is 0.245. The van der Waals surface area contributed by atoms with Crippen LogP contribution in [0.15, 0.2) is 0 Å². The van der Waals surface area contributed by atoms with Gasteiger partial charge in [-0.1, -0.05) is 6.92 Å². The van der Waals surface area contributed by atoms with Crippen molar-refractivity contribution in [1.29, 1.82) is 0 Å². The molecule has 9 heavy (non-hydrogen) atoms. The molecule has 0 spiro atoms. The van der Waals surface area contributed by atoms with Crippen LogP contribution in [0.3, 0.4) is 0 Å². The summed E-state index contributed by atoms with van der Waals surface area (Å²) in [5.41, 5.74) is 1.95. The van der Waals surface area contributed by atoms with Crippen LogP contribution < -0.4 is 11.3 Å². The molecular formula is C3H10N2O3S. The normalized spacial score (nSPS) is 15.4. The Kier molecular flexibility index (Phi) is 3.06. The van der Waals surface area contributed by atoms with Crippen molar-refractivity contribution in [2.75, 3.05) is 0 Å². The third kappa shape index (κ3) is 2.75. The highest BCUT2D eigenvalue weighted by atomic mass is 32.2. The first-order chi connectivity index (χ1) is 4.02. The van der Waals surface area contributed by atoms with Crippen molar-refractivity contribution in [3.05, 3.63) is 0 Å². The van der Waals surface area contributed by atoms with Crippen molar-refractivity contribution in [3.8, 4) is 0 Å². The quantitative estimate of drug-likeness (QED) is 0.277. The molecule has 4 N–H and O–H groups in total. The second-order valence-electron chi connectivity index (χ2n) is 1.58. The van der Waals surface area contributed by atoms with Crippen LogP contribution >= 0.6 is 0 Å². The molecule has 5 nitrogen and oxygen atoms in total. The third-order valence-corrected chi connectivity index (χ3v) is 2.10. The Morgan fingerprint density at radius 1 is 1.78 bits per heavy atom. The number of hydrogen-bond acceptors (Lipinski definition) is 4. The lowest BCUT2D eigenvalue weighted by Gasteiger charge is -2.07. The highest BCUT2D eigenvalue weighted by Gasteiger charge is 2.17. The van der Waals surface area contributed by atoms with E-state index >= 15 is 0 Å². The molecule has 0 saturated heterocycles. The number of rotatable bonds is 3. The molecule has 0 aromatic rings. The molecular weight excluding hydrogens is 144 g/mol. The van der Waals surface area contributed by atoms with Gasteiger partial charge in [0.05, 0.1) is 0 Å². The summed E-state index contributed by atoms with van der Waals surface area (Å²) >= 11 is 0. The van der Waals surface area contributed by atoms with Gasteiger partial charge in [0.2, 0.25) is 0 Å². The number of hydrazine groups is 1. The van der Waals surface area contributed by atoms with E-state index in [1.165, 1.54) is 0 Å². The van der Waals surface area contributed by atoms with Crippen LogP contribution in [0.4, 0.5) is 0 Å². The SMILES string of the molecule is CCC(NN)S(=O)(=O)O. The standard InChI is InChI=1S/C3H10N2O3S/c1-2-3(5-4)9(6,7)8/h3,5H,2,4H2,1H3,(H,6,7,8). The predicted molar refractivity (Wildman–Crippen MR) is 33.0 cm³/mol. The monoisotopic (exact) mass is 154 g/mol. The largest absolute Gasteiger partial charge is 0.284 e. The second kappa shape index (κ2) is 3.11. The molecule has 0 aliphatic carbocycles. The second-order valence-corrected chi connectivity index (χ2v) is 3.18. The molecule has 0 aromatic heterocycles. The Balaban J connectivity index is 4.14. The first-order valence-electron chi connectivity index (χ1n) is 2.44. The van der Waals surface area contributed by atoms with Gasteiger partial charge in [0.15, 0.2) is 0 Å². The van der Waals surface area contributed by atoms with E-state index in [-0.39, 0.29) is 6.42 Å². The lowest BCUT2D eigenvalue weighted by molar-refractivity contribution is 0.448. The maximum Gasteiger partial charge on any atom is 0.282 e. The Bertz CT molecular complexity index is 160. The highest BCUT2D eigenvalue weighted by molar-refractivity contribution is 7.86. The third-order valence-electron chi connectivity index (χ3n) is 0.916. The van der Waals surface area contributed by atoms with Crippen molar-refractivity contribution in [1.82, 2.24) is 5.43 Å². The van der Waals surface area contributed by atoms with Crippen LogP contribution in [0.2, 0.25) is 0 Å². The smallest absolute Gasteiger partial charge is 0.282 e. The molecule has 0 heterocycles. The molecule has 6 heteroatoms. The van der Waals surface area contributed by atoms with Gasteiger partial charge in [-0.05, 0) is 6.42 Å². The first-order valence-corrected chi connectivity index (χ1v) is 3.95. The average Bonchev–Trinajstić information content (AvgIpc) is 1.65. The topological polar surface area (TPSA) is 92.4 Å². The van der Waals surface area contributed by atoms with Crippen molar-refractivity contribution >= 4 is 10.1 Å². The van der Waals surface area contributed by atoms with E-state index in [0.717, 1.165) is 0 Å². The van der Waals surface area contributed by atoms with Crippen molar-refractivity contribution in [2.45, 2.75) is 18.7 Å². The van der Waals surface area contributed by atoms with Gasteiger partial charge in [0, 0.05) is 0 Å². The Hall–Kier alpha value is -0.170. The van der Waals surface area contributed by atoms with E-state index in [9.17, 15) is 8.42 Å². The zero-order valence-electron chi connectivity index (χ0n) is 5.03. The fourth-order valence-corrected chi connectivity index (χ4v) is 1.01. The minimum atomic E-state index is -4.00. The summed E-state index contributed by atoms with van der Waals surface area (Å²) < 4.78 is 28.7. The maximum atomic E-state index is 10.2. The van der Waals surface area contributed by atoms with E-state index < -0.39 is 15.5 Å². The van der Waals surface area contributed by atoms with E-state index in [1.54, 1.807) is 6.92 Å². The lowest BCUT2D eigenvalue weighted by atomic mass is 10.5. The van der Waals surface area contributed by atoms with E-state index in [0.29, 0.717) is 0 Å². The van der Waals surface area contributed by atoms with Crippen molar-refractivity contribution < 1.29 is 13.0 Å². The van der Waals surface area contributed by atoms with Crippen LogP contribution in [0.25, 0.3) is 0 Å². The summed E-state index contributed by atoms with van der Waals surface area (Å²) in [4.78, 5) is 0. The van der Waals surface area contributed by atoms with Gasteiger partial charge in [-0.15, -0.1) is 0 Å². The Morgan fingerprint density at radius 2 is 2.22 bits per heavy atom. The fraction of sp³-hybridized carbons (Fsp3) is 1.00. The van der Waals surface area contributed by atoms with Gasteiger partial charge in [-0.2, -0.15) is 8.42 Å². The van der Waals surface area contributed by atoms with Gasteiger partial charge >= 0.3 is 0 Å². The zero-order chi connectivity index (χ0) is 7.49. The molecule has 0 saturated carbocycles. The van der Waals surface area contributed by atoms with E-state index in [4.69, 9.17) is 10.4 Å².